The molecule has 1 aliphatic carbocycles. The van der Waals surface area contributed by atoms with Crippen molar-refractivity contribution in [2.24, 2.45) is 5.73 Å². The maximum Gasteiger partial charge on any atom is 0.323 e. The first-order valence-corrected chi connectivity index (χ1v) is 4.32. The van der Waals surface area contributed by atoms with Crippen LogP contribution in [0.15, 0.2) is 12.2 Å². The zero-order valence-electron chi connectivity index (χ0n) is 7.12. The van der Waals surface area contributed by atoms with Crippen LogP contribution < -0.4 is 5.73 Å². The molecule has 0 bridgehead atoms. The third-order valence-corrected chi connectivity index (χ3v) is 2.34. The first kappa shape index (κ1) is 9.26. The fraction of sp³-hybridized carbons (Fsp3) is 0.667. The Hall–Kier alpha value is -0.830. The van der Waals surface area contributed by atoms with Crippen LogP contribution in [0, 0.1) is 0 Å². The van der Waals surface area contributed by atoms with Crippen LogP contribution in [0.2, 0.25) is 0 Å². The molecule has 0 heterocycles. The van der Waals surface area contributed by atoms with E-state index >= 15 is 0 Å². The summed E-state index contributed by atoms with van der Waals surface area (Å²) in [6, 6.07) is 0. The van der Waals surface area contributed by atoms with Gasteiger partial charge in [-0.1, -0.05) is 12.2 Å². The van der Waals surface area contributed by atoms with Gasteiger partial charge in [0.15, 0.2) is 0 Å². The number of carboxylic acids is 1. The van der Waals surface area contributed by atoms with Gasteiger partial charge in [-0.05, 0) is 32.1 Å². The van der Waals surface area contributed by atoms with Gasteiger partial charge in [0, 0.05) is 0 Å². The molecule has 0 aromatic carbocycles. The minimum Gasteiger partial charge on any atom is -0.480 e. The van der Waals surface area contributed by atoms with E-state index in [9.17, 15) is 4.79 Å². The Morgan fingerprint density at radius 1 is 1.33 bits per heavy atom. The number of allylic oxidation sites excluding steroid dienone is 2. The van der Waals surface area contributed by atoms with Gasteiger partial charge in [0.25, 0.3) is 0 Å². The topological polar surface area (TPSA) is 63.3 Å². The molecule has 0 saturated heterocycles. The van der Waals surface area contributed by atoms with E-state index in [2.05, 4.69) is 6.08 Å². The highest BCUT2D eigenvalue weighted by atomic mass is 16.4. The number of aliphatic carboxylic acids is 1. The second-order valence-electron chi connectivity index (χ2n) is 3.36. The molecule has 1 atom stereocenters. The number of hydrogen-bond donors (Lipinski definition) is 2. The quantitative estimate of drug-likeness (QED) is 0.581. The van der Waals surface area contributed by atoms with Crippen molar-refractivity contribution >= 4 is 5.97 Å². The lowest BCUT2D eigenvalue weighted by molar-refractivity contribution is -0.144. The van der Waals surface area contributed by atoms with Crippen LogP contribution in [0.25, 0.3) is 0 Å². The summed E-state index contributed by atoms with van der Waals surface area (Å²) in [7, 11) is 0. The minimum absolute atomic E-state index is 0.554. The lowest BCUT2D eigenvalue weighted by Crippen LogP contribution is -2.47. The summed E-state index contributed by atoms with van der Waals surface area (Å²) in [4.78, 5) is 10.8. The molecule has 0 saturated carbocycles. The van der Waals surface area contributed by atoms with E-state index < -0.39 is 11.5 Å². The molecule has 0 aromatic rings. The summed E-state index contributed by atoms with van der Waals surface area (Å²) >= 11 is 0. The van der Waals surface area contributed by atoms with Gasteiger partial charge < -0.3 is 10.8 Å². The molecule has 12 heavy (non-hydrogen) atoms. The highest BCUT2D eigenvalue weighted by Gasteiger charge is 2.32. The molecule has 1 unspecified atom stereocenters. The number of nitrogens with two attached hydrogens (primary N) is 1. The molecule has 1 rings (SSSR count). The maximum absolute atomic E-state index is 10.8. The molecule has 0 fully saturated rings. The molecule has 0 amide bonds. The van der Waals surface area contributed by atoms with Gasteiger partial charge in [-0.2, -0.15) is 0 Å². The van der Waals surface area contributed by atoms with Gasteiger partial charge in [0.2, 0.25) is 0 Å². The summed E-state index contributed by atoms with van der Waals surface area (Å²) in [5, 5.41) is 8.87. The highest BCUT2D eigenvalue weighted by molar-refractivity contribution is 5.78. The van der Waals surface area contributed by atoms with Crippen molar-refractivity contribution in [2.45, 2.75) is 37.6 Å². The molecule has 3 N–H and O–H groups in total. The normalized spacial score (nSPS) is 33.4. The second kappa shape index (κ2) is 3.72. The van der Waals surface area contributed by atoms with Crippen molar-refractivity contribution < 1.29 is 9.90 Å². The third kappa shape index (κ3) is 2.08. The molecule has 0 radical (unpaired) electrons. The van der Waals surface area contributed by atoms with E-state index in [1.165, 1.54) is 0 Å². The highest BCUT2D eigenvalue weighted by Crippen LogP contribution is 2.21. The first-order valence-electron chi connectivity index (χ1n) is 4.32. The van der Waals surface area contributed by atoms with Crippen LogP contribution >= 0.6 is 0 Å². The minimum atomic E-state index is -0.981. The van der Waals surface area contributed by atoms with Gasteiger partial charge in [-0.25, -0.2) is 0 Å². The van der Waals surface area contributed by atoms with Crippen LogP contribution in [-0.4, -0.2) is 16.6 Å². The van der Waals surface area contributed by atoms with Crippen molar-refractivity contribution in [3.05, 3.63) is 12.2 Å². The first-order chi connectivity index (χ1) is 5.65. The summed E-state index contributed by atoms with van der Waals surface area (Å²) in [6.45, 7) is 0. The van der Waals surface area contributed by atoms with Gasteiger partial charge in [0.1, 0.15) is 5.54 Å². The number of carbonyl (C=O) groups is 1. The van der Waals surface area contributed by atoms with Crippen molar-refractivity contribution in [1.82, 2.24) is 0 Å². The monoisotopic (exact) mass is 169 g/mol. The second-order valence-corrected chi connectivity index (χ2v) is 3.36. The fourth-order valence-electron chi connectivity index (χ4n) is 1.45. The third-order valence-electron chi connectivity index (χ3n) is 2.34. The van der Waals surface area contributed by atoms with Crippen LogP contribution in [0.4, 0.5) is 0 Å². The van der Waals surface area contributed by atoms with E-state index in [0.29, 0.717) is 12.8 Å². The largest absolute Gasteiger partial charge is 0.480 e. The Morgan fingerprint density at radius 3 is 2.67 bits per heavy atom. The average Bonchev–Trinajstić information content (AvgIpc) is 1.97. The maximum atomic E-state index is 10.8. The Morgan fingerprint density at radius 2 is 2.00 bits per heavy atom. The molecule has 3 heteroatoms. The fourth-order valence-corrected chi connectivity index (χ4v) is 1.45. The number of carboxylic acid groups (broad SMARTS) is 1. The van der Waals surface area contributed by atoms with Gasteiger partial charge in [-0.3, -0.25) is 4.79 Å². The van der Waals surface area contributed by atoms with Crippen LogP contribution in [-0.2, 0) is 4.79 Å². The predicted octanol–water partition coefficient (Wildman–Crippen LogP) is 1.29. The van der Waals surface area contributed by atoms with Gasteiger partial charge in [-0.15, -0.1) is 0 Å². The van der Waals surface area contributed by atoms with Crippen LogP contribution in [0.3, 0.4) is 0 Å². The number of hydrogen-bond acceptors (Lipinski definition) is 2. The predicted molar refractivity (Wildman–Crippen MR) is 46.8 cm³/mol. The van der Waals surface area contributed by atoms with Crippen molar-refractivity contribution in [2.75, 3.05) is 0 Å². The molecule has 1 aliphatic rings. The van der Waals surface area contributed by atoms with Crippen molar-refractivity contribution in [3.63, 3.8) is 0 Å². The van der Waals surface area contributed by atoms with Crippen LogP contribution in [0.1, 0.15) is 32.1 Å². The molecule has 0 spiro atoms. The zero-order chi connectivity index (χ0) is 9.03. The molecular formula is C9H15NO2. The van der Waals surface area contributed by atoms with Crippen molar-refractivity contribution in [3.8, 4) is 0 Å². The lowest BCUT2D eigenvalue weighted by atomic mass is 9.87. The Labute approximate surface area is 72.3 Å². The summed E-state index contributed by atoms with van der Waals surface area (Å²) in [5.41, 5.74) is 4.76. The zero-order valence-corrected chi connectivity index (χ0v) is 7.12. The van der Waals surface area contributed by atoms with E-state index in [1.807, 2.05) is 6.08 Å². The Bertz CT molecular complexity index is 201. The SMILES string of the molecule is NC1(C(=O)O)CC/C=C\CCC1. The van der Waals surface area contributed by atoms with E-state index in [1.54, 1.807) is 0 Å². The molecule has 0 aliphatic heterocycles. The van der Waals surface area contributed by atoms with E-state index in [0.717, 1.165) is 19.3 Å². The average molecular weight is 169 g/mol. The smallest absolute Gasteiger partial charge is 0.323 e. The molecule has 0 aromatic heterocycles. The van der Waals surface area contributed by atoms with Crippen molar-refractivity contribution in [1.29, 1.82) is 0 Å². The summed E-state index contributed by atoms with van der Waals surface area (Å²) in [6.07, 6.45) is 7.87. The lowest BCUT2D eigenvalue weighted by Gasteiger charge is -2.24. The molecular weight excluding hydrogens is 154 g/mol. The van der Waals surface area contributed by atoms with E-state index in [4.69, 9.17) is 10.8 Å². The Balaban J connectivity index is 2.63. The molecule has 68 valence electrons. The Kier molecular flexibility index (Phi) is 2.87. The van der Waals surface area contributed by atoms with E-state index in [-0.39, 0.29) is 0 Å². The number of rotatable bonds is 1. The van der Waals surface area contributed by atoms with Gasteiger partial charge >= 0.3 is 5.97 Å². The van der Waals surface area contributed by atoms with Crippen LogP contribution in [0.5, 0.6) is 0 Å². The van der Waals surface area contributed by atoms with Gasteiger partial charge in [0.05, 0.1) is 0 Å². The summed E-state index contributed by atoms with van der Waals surface area (Å²) < 4.78 is 0. The summed E-state index contributed by atoms with van der Waals surface area (Å²) in [5.74, 6) is -0.863. The standard InChI is InChI=1S/C9H15NO2/c10-9(8(11)12)6-4-2-1-3-5-7-9/h1-2H,3-7,10H2,(H,11,12)/b2-1-. The molecule has 3 nitrogen and oxygen atoms in total.